The lowest BCUT2D eigenvalue weighted by atomic mass is 10.1. The van der Waals surface area contributed by atoms with Gasteiger partial charge in [0.2, 0.25) is 0 Å². The monoisotopic (exact) mass is 367 g/mol. The number of rotatable bonds is 3. The number of nitrogens with one attached hydrogen (secondary N) is 1. The third kappa shape index (κ3) is 3.79. The van der Waals surface area contributed by atoms with Crippen LogP contribution in [0, 0.1) is 6.92 Å². The van der Waals surface area contributed by atoms with Gasteiger partial charge in [-0.15, -0.1) is 0 Å². The molecule has 0 aliphatic carbocycles. The van der Waals surface area contributed by atoms with E-state index in [1.54, 1.807) is 12.1 Å². The number of carbonyl (C=O) groups excluding carboxylic acids is 1. The number of nitrogens with zero attached hydrogens (tertiary/aromatic N) is 2. The Morgan fingerprint density at radius 2 is 1.89 bits per heavy atom. The number of aromatic nitrogens is 2. The third-order valence-corrected chi connectivity index (χ3v) is 4.41. The summed E-state index contributed by atoms with van der Waals surface area (Å²) in [6.07, 6.45) is 0. The Morgan fingerprint density at radius 3 is 2.48 bits per heavy atom. The van der Waals surface area contributed by atoms with Crippen LogP contribution >= 0.6 is 0 Å². The number of hydrogen-bond donors (Lipinski definition) is 1. The fourth-order valence-electron chi connectivity index (χ4n) is 3.05. The molecule has 1 aromatic carbocycles. The summed E-state index contributed by atoms with van der Waals surface area (Å²) in [5, 5.41) is 8.20. The molecule has 27 heavy (non-hydrogen) atoms. The van der Waals surface area contributed by atoms with Gasteiger partial charge in [0.1, 0.15) is 5.58 Å². The van der Waals surface area contributed by atoms with Gasteiger partial charge in [0.25, 0.3) is 5.91 Å². The van der Waals surface area contributed by atoms with Gasteiger partial charge in [-0.3, -0.25) is 9.48 Å². The van der Waals surface area contributed by atoms with Gasteiger partial charge >= 0.3 is 5.63 Å². The summed E-state index contributed by atoms with van der Waals surface area (Å²) >= 11 is 0. The van der Waals surface area contributed by atoms with Crippen molar-refractivity contribution in [2.45, 2.75) is 53.0 Å². The van der Waals surface area contributed by atoms with E-state index in [4.69, 9.17) is 4.42 Å². The highest BCUT2D eigenvalue weighted by molar-refractivity contribution is 6.03. The van der Waals surface area contributed by atoms with Crippen LogP contribution < -0.4 is 10.9 Å². The molecule has 3 aromatic rings. The largest absolute Gasteiger partial charge is 0.423 e. The zero-order chi connectivity index (χ0) is 19.9. The van der Waals surface area contributed by atoms with Gasteiger partial charge in [-0.2, -0.15) is 5.10 Å². The fraction of sp³-hybridized carbons (Fsp3) is 0.381. The average molecular weight is 367 g/mol. The number of fused-ring (bicyclic) bond motifs is 1. The first kappa shape index (κ1) is 18.9. The lowest BCUT2D eigenvalue weighted by Gasteiger charge is -2.23. The van der Waals surface area contributed by atoms with E-state index in [1.807, 2.05) is 23.7 Å². The normalized spacial score (nSPS) is 12.0. The zero-order valence-electron chi connectivity index (χ0n) is 16.6. The lowest BCUT2D eigenvalue weighted by Crippen LogP contribution is -2.26. The summed E-state index contributed by atoms with van der Waals surface area (Å²) in [6, 6.07) is 8.56. The lowest BCUT2D eigenvalue weighted by molar-refractivity contribution is 0.102. The van der Waals surface area contributed by atoms with Crippen LogP contribution in [0.15, 0.2) is 39.5 Å². The van der Waals surface area contributed by atoms with Gasteiger partial charge in [-0.1, -0.05) is 13.8 Å². The molecule has 1 amide bonds. The molecule has 0 atom stereocenters. The van der Waals surface area contributed by atoms with Crippen molar-refractivity contribution in [3.8, 4) is 0 Å². The molecule has 6 nitrogen and oxygen atoms in total. The Morgan fingerprint density at radius 1 is 1.19 bits per heavy atom. The molecule has 3 rings (SSSR count). The molecule has 0 bridgehead atoms. The summed E-state index contributed by atoms with van der Waals surface area (Å²) in [7, 11) is 0. The van der Waals surface area contributed by atoms with Gasteiger partial charge in [0.15, 0.2) is 5.69 Å². The molecule has 2 aromatic heterocycles. The molecular weight excluding hydrogens is 342 g/mol. The summed E-state index contributed by atoms with van der Waals surface area (Å²) in [4.78, 5) is 24.3. The summed E-state index contributed by atoms with van der Waals surface area (Å²) < 4.78 is 7.14. The molecule has 0 saturated heterocycles. The molecular formula is C21H25N3O3. The minimum Gasteiger partial charge on any atom is -0.423 e. The number of benzene rings is 1. The predicted molar refractivity (Wildman–Crippen MR) is 106 cm³/mol. The van der Waals surface area contributed by atoms with Crippen LogP contribution in [0.3, 0.4) is 0 Å². The summed E-state index contributed by atoms with van der Waals surface area (Å²) in [6.45, 7) is 12.2. The summed E-state index contributed by atoms with van der Waals surface area (Å²) in [5.74, 6) is -0.0505. The van der Waals surface area contributed by atoms with Crippen LogP contribution in [-0.4, -0.2) is 15.7 Å². The van der Waals surface area contributed by atoms with E-state index in [0.29, 0.717) is 17.0 Å². The molecule has 142 valence electrons. The number of amides is 1. The number of carbonyl (C=O) groups is 1. The van der Waals surface area contributed by atoms with Crippen molar-refractivity contribution in [3.05, 3.63) is 57.7 Å². The molecule has 0 saturated carbocycles. The highest BCUT2D eigenvalue weighted by atomic mass is 16.4. The van der Waals surface area contributed by atoms with Crippen molar-refractivity contribution >= 4 is 22.6 Å². The van der Waals surface area contributed by atoms with Gasteiger partial charge in [-0.25, -0.2) is 4.79 Å². The van der Waals surface area contributed by atoms with E-state index in [0.717, 1.165) is 16.6 Å². The molecule has 2 heterocycles. The van der Waals surface area contributed by atoms with E-state index in [2.05, 4.69) is 45.0 Å². The van der Waals surface area contributed by atoms with Crippen LogP contribution in [0.4, 0.5) is 5.69 Å². The topological polar surface area (TPSA) is 77.1 Å². The van der Waals surface area contributed by atoms with Gasteiger partial charge in [-0.05, 0) is 57.4 Å². The smallest absolute Gasteiger partial charge is 0.336 e. The standard InChI is InChI=1S/C21H25N3O3/c1-12(2)17-11-16(23-24(17)21(4,5)6)20(26)22-14-7-8-15-13(3)9-19(25)27-18(15)10-14/h7-12H,1-6H3,(H,22,26). The first-order valence-electron chi connectivity index (χ1n) is 9.02. The van der Waals surface area contributed by atoms with Crippen LogP contribution in [0.25, 0.3) is 11.0 Å². The maximum absolute atomic E-state index is 12.7. The molecule has 0 aliphatic rings. The number of anilines is 1. The molecule has 0 aliphatic heterocycles. The zero-order valence-corrected chi connectivity index (χ0v) is 16.6. The van der Waals surface area contributed by atoms with E-state index in [9.17, 15) is 9.59 Å². The van der Waals surface area contributed by atoms with Gasteiger partial charge in [0.05, 0.1) is 5.54 Å². The molecule has 1 N–H and O–H groups in total. The number of hydrogen-bond acceptors (Lipinski definition) is 4. The summed E-state index contributed by atoms with van der Waals surface area (Å²) in [5.41, 5.74) is 2.58. The minimum atomic E-state index is -0.408. The van der Waals surface area contributed by atoms with Crippen LogP contribution in [0.5, 0.6) is 0 Å². The van der Waals surface area contributed by atoms with Crippen molar-refractivity contribution in [2.75, 3.05) is 5.32 Å². The second-order valence-corrected chi connectivity index (χ2v) is 8.11. The highest BCUT2D eigenvalue weighted by Crippen LogP contribution is 2.25. The quantitative estimate of drug-likeness (QED) is 0.695. The van der Waals surface area contributed by atoms with E-state index in [-0.39, 0.29) is 17.4 Å². The Bertz CT molecular complexity index is 1070. The van der Waals surface area contributed by atoms with Crippen molar-refractivity contribution < 1.29 is 9.21 Å². The second-order valence-electron chi connectivity index (χ2n) is 8.11. The molecule has 0 unspecified atom stereocenters. The van der Waals surface area contributed by atoms with E-state index in [1.165, 1.54) is 6.07 Å². The van der Waals surface area contributed by atoms with Crippen molar-refractivity contribution in [3.63, 3.8) is 0 Å². The third-order valence-electron chi connectivity index (χ3n) is 4.41. The molecule has 0 radical (unpaired) electrons. The SMILES string of the molecule is Cc1cc(=O)oc2cc(NC(=O)c3cc(C(C)C)n(C(C)(C)C)n3)ccc12. The molecule has 0 fully saturated rings. The van der Waals surface area contributed by atoms with Crippen LogP contribution in [0.2, 0.25) is 0 Å². The fourth-order valence-corrected chi connectivity index (χ4v) is 3.05. The number of aryl methyl sites for hydroxylation is 1. The maximum atomic E-state index is 12.7. The Hall–Kier alpha value is -2.89. The highest BCUT2D eigenvalue weighted by Gasteiger charge is 2.23. The van der Waals surface area contributed by atoms with Gasteiger partial charge < -0.3 is 9.73 Å². The second kappa shape index (κ2) is 6.68. The van der Waals surface area contributed by atoms with Crippen LogP contribution in [0.1, 0.15) is 62.3 Å². The van der Waals surface area contributed by atoms with E-state index < -0.39 is 5.63 Å². The molecule has 6 heteroatoms. The van der Waals surface area contributed by atoms with Crippen molar-refractivity contribution in [1.82, 2.24) is 9.78 Å². The first-order chi connectivity index (χ1) is 12.6. The Balaban J connectivity index is 1.94. The van der Waals surface area contributed by atoms with Gasteiger partial charge in [0, 0.05) is 28.9 Å². The predicted octanol–water partition coefficient (Wildman–Crippen LogP) is 4.43. The Labute approximate surface area is 158 Å². The van der Waals surface area contributed by atoms with Crippen LogP contribution in [-0.2, 0) is 5.54 Å². The first-order valence-corrected chi connectivity index (χ1v) is 9.02. The minimum absolute atomic E-state index is 0.220. The Kier molecular flexibility index (Phi) is 4.68. The van der Waals surface area contributed by atoms with E-state index >= 15 is 0 Å². The van der Waals surface area contributed by atoms with Crippen molar-refractivity contribution in [2.24, 2.45) is 0 Å². The molecule has 0 spiro atoms. The van der Waals surface area contributed by atoms with Crippen molar-refractivity contribution in [1.29, 1.82) is 0 Å². The average Bonchev–Trinajstić information content (AvgIpc) is 3.00. The maximum Gasteiger partial charge on any atom is 0.336 e.